The van der Waals surface area contributed by atoms with Gasteiger partial charge in [0.2, 0.25) is 0 Å². The minimum atomic E-state index is 1.06. The maximum Gasteiger partial charge on any atom is 0.0620 e. The lowest BCUT2D eigenvalue weighted by atomic mass is 9.90. The number of hydrogen-bond donors (Lipinski definition) is 0. The Labute approximate surface area is 385 Å². The van der Waals surface area contributed by atoms with Gasteiger partial charge >= 0.3 is 0 Å². The third-order valence-electron chi connectivity index (χ3n) is 14.0. The summed E-state index contributed by atoms with van der Waals surface area (Å²) >= 11 is 0. The summed E-state index contributed by atoms with van der Waals surface area (Å²) in [6.07, 6.45) is 13.6. The van der Waals surface area contributed by atoms with Crippen LogP contribution in [0.15, 0.2) is 218 Å². The molecule has 0 aliphatic heterocycles. The summed E-state index contributed by atoms with van der Waals surface area (Å²) in [5.74, 6) is 0. The Morgan fingerprint density at radius 3 is 1.23 bits per heavy atom. The molecule has 2 aliphatic carbocycles. The summed E-state index contributed by atoms with van der Waals surface area (Å²) in [4.78, 5) is 5.06. The minimum absolute atomic E-state index is 1.06. The highest BCUT2D eigenvalue weighted by molar-refractivity contribution is 6.24. The molecule has 13 rings (SSSR count). The van der Waals surface area contributed by atoms with Gasteiger partial charge in [0, 0.05) is 44.3 Å². The molecule has 0 radical (unpaired) electrons. The highest BCUT2D eigenvalue weighted by Crippen LogP contribution is 2.52. The monoisotopic (exact) mass is 842 g/mol. The molecular weight excluding hydrogens is 797 g/mol. The van der Waals surface area contributed by atoms with Crippen LogP contribution in [0, 0.1) is 0 Å². The van der Waals surface area contributed by atoms with Crippen LogP contribution in [0.25, 0.3) is 77.1 Å². The van der Waals surface area contributed by atoms with Crippen LogP contribution >= 0.6 is 0 Å². The van der Waals surface area contributed by atoms with Crippen molar-refractivity contribution in [2.24, 2.45) is 0 Å². The molecule has 0 atom stereocenters. The molecule has 0 N–H and O–H groups in total. The first kappa shape index (κ1) is 38.3. The Bertz CT molecular complexity index is 3720. The second-order valence-electron chi connectivity index (χ2n) is 17.9. The highest BCUT2D eigenvalue weighted by atomic mass is 15.2. The number of benzene rings is 11. The Hall–Kier alpha value is -8.20. The van der Waals surface area contributed by atoms with Crippen LogP contribution in [0.1, 0.15) is 35.1 Å². The third-order valence-corrected chi connectivity index (χ3v) is 14.0. The molecule has 0 amide bonds. The minimum Gasteiger partial charge on any atom is -0.309 e. The van der Waals surface area contributed by atoms with Gasteiger partial charge in [0.15, 0.2) is 0 Å². The van der Waals surface area contributed by atoms with Gasteiger partial charge < -0.3 is 9.80 Å². The van der Waals surface area contributed by atoms with Gasteiger partial charge in [-0.05, 0) is 152 Å². The average molecular weight is 843 g/mol. The summed E-state index contributed by atoms with van der Waals surface area (Å²) in [5.41, 5.74) is 14.6. The SMILES string of the molecule is C1=Cc2cc(-c3ccc4c(N(c5ccc6ccccc6c5)c5ccc6ccccc6c5)c5ccccc5c(N(c5ccc6c(c5)C=CCC6)c5ccc6ccccc6c5)c4c3)ccc2CC1. The maximum absolute atomic E-state index is 2.54. The van der Waals surface area contributed by atoms with Crippen molar-refractivity contribution in [3.05, 3.63) is 241 Å². The Kier molecular flexibility index (Phi) is 9.16. The fourth-order valence-electron chi connectivity index (χ4n) is 10.7. The molecule has 0 unspecified atom stereocenters. The van der Waals surface area contributed by atoms with Crippen molar-refractivity contribution in [2.45, 2.75) is 25.7 Å². The van der Waals surface area contributed by atoms with E-state index in [1.54, 1.807) is 0 Å². The van der Waals surface area contributed by atoms with Gasteiger partial charge in [0.25, 0.3) is 0 Å². The van der Waals surface area contributed by atoms with Gasteiger partial charge in [-0.3, -0.25) is 0 Å². The Morgan fingerprint density at radius 1 is 0.288 bits per heavy atom. The van der Waals surface area contributed by atoms with Gasteiger partial charge in [-0.1, -0.05) is 170 Å². The third kappa shape index (κ3) is 6.56. The van der Waals surface area contributed by atoms with Crippen molar-refractivity contribution in [3.63, 3.8) is 0 Å². The predicted octanol–water partition coefficient (Wildman–Crippen LogP) is 18.0. The summed E-state index contributed by atoms with van der Waals surface area (Å²) in [5, 5.41) is 12.0. The molecule has 0 saturated heterocycles. The van der Waals surface area contributed by atoms with E-state index >= 15 is 0 Å². The lowest BCUT2D eigenvalue weighted by Gasteiger charge is -2.33. The molecular formula is C64H46N2. The van der Waals surface area contributed by atoms with E-state index in [2.05, 4.69) is 240 Å². The summed E-state index contributed by atoms with van der Waals surface area (Å²) < 4.78 is 0. The van der Waals surface area contributed by atoms with Crippen molar-refractivity contribution in [2.75, 3.05) is 9.80 Å². The van der Waals surface area contributed by atoms with Crippen molar-refractivity contribution in [1.29, 1.82) is 0 Å². The lowest BCUT2D eigenvalue weighted by molar-refractivity contribution is 0.985. The van der Waals surface area contributed by atoms with Crippen LogP contribution in [-0.2, 0) is 12.8 Å². The van der Waals surface area contributed by atoms with Crippen LogP contribution < -0.4 is 9.80 Å². The fraction of sp³-hybridized carbons (Fsp3) is 0.0625. The normalized spacial score (nSPS) is 13.1. The van der Waals surface area contributed by atoms with E-state index in [4.69, 9.17) is 0 Å². The molecule has 2 aliphatic rings. The first-order valence-electron chi connectivity index (χ1n) is 23.3. The zero-order chi connectivity index (χ0) is 43.6. The van der Waals surface area contributed by atoms with E-state index in [1.165, 1.54) is 87.2 Å². The summed E-state index contributed by atoms with van der Waals surface area (Å²) in [6, 6.07) is 77.4. The summed E-state index contributed by atoms with van der Waals surface area (Å²) in [6.45, 7) is 0. The molecule has 0 spiro atoms. The number of nitrogens with zero attached hydrogens (tertiary/aromatic N) is 2. The zero-order valence-corrected chi connectivity index (χ0v) is 36.7. The first-order valence-corrected chi connectivity index (χ1v) is 23.3. The van der Waals surface area contributed by atoms with Gasteiger partial charge in [0.1, 0.15) is 0 Å². The molecule has 2 heteroatoms. The molecule has 0 heterocycles. The van der Waals surface area contributed by atoms with Crippen LogP contribution in [0.2, 0.25) is 0 Å². The van der Waals surface area contributed by atoms with Crippen molar-refractivity contribution in [1.82, 2.24) is 0 Å². The zero-order valence-electron chi connectivity index (χ0n) is 36.7. The predicted molar refractivity (Wildman–Crippen MR) is 283 cm³/mol. The second kappa shape index (κ2) is 15.8. The van der Waals surface area contributed by atoms with E-state index in [0.29, 0.717) is 0 Å². The second-order valence-corrected chi connectivity index (χ2v) is 17.9. The number of aryl methyl sites for hydroxylation is 2. The van der Waals surface area contributed by atoms with E-state index in [0.717, 1.165) is 59.8 Å². The maximum atomic E-state index is 2.54. The first-order chi connectivity index (χ1) is 32.7. The highest BCUT2D eigenvalue weighted by Gasteiger charge is 2.27. The van der Waals surface area contributed by atoms with E-state index < -0.39 is 0 Å². The Balaban J connectivity index is 1.16. The van der Waals surface area contributed by atoms with E-state index in [-0.39, 0.29) is 0 Å². The van der Waals surface area contributed by atoms with Crippen LogP contribution in [0.5, 0.6) is 0 Å². The van der Waals surface area contributed by atoms with Gasteiger partial charge in [-0.2, -0.15) is 0 Å². The molecule has 2 nitrogen and oxygen atoms in total. The largest absolute Gasteiger partial charge is 0.309 e. The molecule has 66 heavy (non-hydrogen) atoms. The van der Waals surface area contributed by atoms with Crippen molar-refractivity contribution >= 4 is 100 Å². The van der Waals surface area contributed by atoms with Crippen LogP contribution in [0.3, 0.4) is 0 Å². The molecule has 11 aromatic rings. The van der Waals surface area contributed by atoms with Crippen molar-refractivity contribution in [3.8, 4) is 11.1 Å². The average Bonchev–Trinajstić information content (AvgIpc) is 3.39. The number of rotatable bonds is 7. The summed E-state index contributed by atoms with van der Waals surface area (Å²) in [7, 11) is 0. The van der Waals surface area contributed by atoms with E-state index in [1.807, 2.05) is 0 Å². The smallest absolute Gasteiger partial charge is 0.0620 e. The quantitative estimate of drug-likeness (QED) is 0.116. The van der Waals surface area contributed by atoms with Gasteiger partial charge in [-0.15, -0.1) is 0 Å². The van der Waals surface area contributed by atoms with Crippen LogP contribution in [-0.4, -0.2) is 0 Å². The number of hydrogen-bond acceptors (Lipinski definition) is 2. The lowest BCUT2D eigenvalue weighted by Crippen LogP contribution is -2.15. The van der Waals surface area contributed by atoms with Gasteiger partial charge in [-0.25, -0.2) is 0 Å². The van der Waals surface area contributed by atoms with Crippen molar-refractivity contribution < 1.29 is 0 Å². The van der Waals surface area contributed by atoms with E-state index in [9.17, 15) is 0 Å². The molecule has 312 valence electrons. The van der Waals surface area contributed by atoms with Crippen LogP contribution in [0.4, 0.5) is 34.1 Å². The Morgan fingerprint density at radius 2 is 0.682 bits per heavy atom. The molecule has 0 fully saturated rings. The number of allylic oxidation sites excluding steroid dienone is 2. The van der Waals surface area contributed by atoms with Gasteiger partial charge in [0.05, 0.1) is 11.4 Å². The fourth-order valence-corrected chi connectivity index (χ4v) is 10.7. The molecule has 0 bridgehead atoms. The topological polar surface area (TPSA) is 6.48 Å². The number of anilines is 6. The number of fused-ring (bicyclic) bond motifs is 7. The molecule has 0 saturated carbocycles. The molecule has 0 aromatic heterocycles. The molecule has 11 aromatic carbocycles. The standard InChI is InChI=1S/C64H46N2/c1-6-18-48-37-53(26-25-43(48)13-1)54-31-36-61-62(42-54)64(66(57-34-29-46-16-4-9-21-51(46)40-57)58-35-30-47-17-5-10-22-52(47)41-58)60-24-12-11-23-59(60)63(61)65(55-32-27-44-14-2-7-19-49(44)38-55)56-33-28-45-15-3-8-20-50(45)39-56/h2-4,6-12,14-16,18-42H,1,5,13,17H2.